The number of carbonyl (C=O) groups is 1. The van der Waals surface area contributed by atoms with E-state index < -0.39 is 0 Å². The smallest absolute Gasteiger partial charge is 0.258 e. The summed E-state index contributed by atoms with van der Waals surface area (Å²) in [5, 5.41) is 2.03. The van der Waals surface area contributed by atoms with Gasteiger partial charge in [-0.15, -0.1) is 11.3 Å². The first-order valence-corrected chi connectivity index (χ1v) is 8.69. The average Bonchev–Trinajstić information content (AvgIpc) is 3.33. The van der Waals surface area contributed by atoms with Gasteiger partial charge in [0, 0.05) is 23.1 Å². The number of nitrogens with zero attached hydrogens (tertiary/aromatic N) is 1. The molecule has 1 aliphatic carbocycles. The Balaban J connectivity index is 1.94. The molecule has 1 fully saturated rings. The highest BCUT2D eigenvalue weighted by Crippen LogP contribution is 2.37. The number of hydrogen-bond acceptors (Lipinski definition) is 5. The fraction of sp³-hybridized carbons (Fsp3) is 0.389. The molecule has 0 spiro atoms. The van der Waals surface area contributed by atoms with Crippen molar-refractivity contribution < 1.29 is 19.0 Å². The second-order valence-electron chi connectivity index (χ2n) is 5.65. The number of benzene rings is 1. The van der Waals surface area contributed by atoms with Crippen molar-refractivity contribution in [2.24, 2.45) is 0 Å². The Morgan fingerprint density at radius 3 is 2.33 bits per heavy atom. The van der Waals surface area contributed by atoms with Gasteiger partial charge in [0.2, 0.25) is 0 Å². The molecule has 1 amide bonds. The zero-order chi connectivity index (χ0) is 17.1. The van der Waals surface area contributed by atoms with E-state index in [0.29, 0.717) is 35.4 Å². The van der Waals surface area contributed by atoms with Crippen molar-refractivity contribution in [1.29, 1.82) is 0 Å². The lowest BCUT2D eigenvalue weighted by Gasteiger charge is -2.23. The molecule has 5 nitrogen and oxygen atoms in total. The van der Waals surface area contributed by atoms with Gasteiger partial charge in [0.1, 0.15) is 5.75 Å². The van der Waals surface area contributed by atoms with E-state index in [4.69, 9.17) is 14.2 Å². The van der Waals surface area contributed by atoms with Crippen LogP contribution in [0.3, 0.4) is 0 Å². The fourth-order valence-corrected chi connectivity index (χ4v) is 3.38. The fourth-order valence-electron chi connectivity index (χ4n) is 2.67. The Morgan fingerprint density at radius 2 is 1.79 bits per heavy atom. The number of hydrogen-bond donors (Lipinski definition) is 0. The van der Waals surface area contributed by atoms with Crippen LogP contribution in [0.1, 0.15) is 28.1 Å². The molecule has 2 aromatic rings. The number of rotatable bonds is 7. The van der Waals surface area contributed by atoms with Crippen molar-refractivity contribution in [2.75, 3.05) is 21.3 Å². The first-order chi connectivity index (χ1) is 11.7. The molecule has 0 radical (unpaired) electrons. The molecule has 0 bridgehead atoms. The van der Waals surface area contributed by atoms with Crippen molar-refractivity contribution in [2.45, 2.75) is 25.4 Å². The average molecular weight is 347 g/mol. The summed E-state index contributed by atoms with van der Waals surface area (Å²) >= 11 is 1.66. The van der Waals surface area contributed by atoms with Crippen LogP contribution in [0.2, 0.25) is 0 Å². The van der Waals surface area contributed by atoms with Gasteiger partial charge in [0.05, 0.1) is 33.4 Å². The molecule has 1 heterocycles. The normalized spacial score (nSPS) is 13.5. The topological polar surface area (TPSA) is 48.0 Å². The van der Waals surface area contributed by atoms with Gasteiger partial charge in [-0.05, 0) is 24.3 Å². The molecule has 24 heavy (non-hydrogen) atoms. The van der Waals surface area contributed by atoms with Crippen molar-refractivity contribution in [3.63, 3.8) is 0 Å². The molecule has 0 atom stereocenters. The lowest BCUT2D eigenvalue weighted by Crippen LogP contribution is -2.32. The van der Waals surface area contributed by atoms with E-state index in [1.54, 1.807) is 44.8 Å². The summed E-state index contributed by atoms with van der Waals surface area (Å²) in [4.78, 5) is 16.3. The zero-order valence-corrected chi connectivity index (χ0v) is 14.9. The SMILES string of the molecule is COc1cc(OC)c(C(=O)N(Cc2cccs2)C2CC2)cc1OC. The van der Waals surface area contributed by atoms with Crippen LogP contribution in [0.25, 0.3) is 0 Å². The van der Waals surface area contributed by atoms with Crippen LogP contribution >= 0.6 is 11.3 Å². The Labute approximate surface area is 145 Å². The molecule has 3 rings (SSSR count). The third-order valence-corrected chi connectivity index (χ3v) is 4.95. The van der Waals surface area contributed by atoms with E-state index in [0.717, 1.165) is 12.8 Å². The van der Waals surface area contributed by atoms with Crippen LogP contribution in [0.5, 0.6) is 17.2 Å². The third-order valence-electron chi connectivity index (χ3n) is 4.09. The Bertz CT molecular complexity index is 710. The molecule has 1 saturated carbocycles. The van der Waals surface area contributed by atoms with E-state index in [1.807, 2.05) is 16.3 Å². The van der Waals surface area contributed by atoms with Gasteiger partial charge in [0.15, 0.2) is 11.5 Å². The summed E-state index contributed by atoms with van der Waals surface area (Å²) in [6.07, 6.45) is 2.10. The predicted molar refractivity (Wildman–Crippen MR) is 93.3 cm³/mol. The van der Waals surface area contributed by atoms with Gasteiger partial charge < -0.3 is 19.1 Å². The first-order valence-electron chi connectivity index (χ1n) is 7.81. The molecule has 0 saturated heterocycles. The van der Waals surface area contributed by atoms with Crippen LogP contribution < -0.4 is 14.2 Å². The maximum Gasteiger partial charge on any atom is 0.258 e. The van der Waals surface area contributed by atoms with Crippen molar-refractivity contribution in [3.05, 3.63) is 40.1 Å². The molecule has 128 valence electrons. The highest BCUT2D eigenvalue weighted by atomic mass is 32.1. The number of methoxy groups -OCH3 is 3. The van der Waals surface area contributed by atoms with Crippen LogP contribution in [0.4, 0.5) is 0 Å². The van der Waals surface area contributed by atoms with E-state index in [-0.39, 0.29) is 5.91 Å². The van der Waals surface area contributed by atoms with Crippen LogP contribution in [0, 0.1) is 0 Å². The van der Waals surface area contributed by atoms with E-state index in [1.165, 1.54) is 4.88 Å². The number of carbonyl (C=O) groups excluding carboxylic acids is 1. The number of thiophene rings is 1. The number of amides is 1. The zero-order valence-electron chi connectivity index (χ0n) is 14.1. The van der Waals surface area contributed by atoms with Gasteiger partial charge >= 0.3 is 0 Å². The summed E-state index contributed by atoms with van der Waals surface area (Å²) in [6, 6.07) is 7.76. The van der Waals surface area contributed by atoms with Gasteiger partial charge in [-0.2, -0.15) is 0 Å². The Kier molecular flexibility index (Phi) is 4.94. The molecule has 0 aliphatic heterocycles. The Morgan fingerprint density at radius 1 is 1.12 bits per heavy atom. The summed E-state index contributed by atoms with van der Waals surface area (Å²) in [6.45, 7) is 0.624. The minimum atomic E-state index is -0.0382. The van der Waals surface area contributed by atoms with Crippen molar-refractivity contribution in [3.8, 4) is 17.2 Å². The highest BCUT2D eigenvalue weighted by molar-refractivity contribution is 7.09. The highest BCUT2D eigenvalue weighted by Gasteiger charge is 2.34. The molecule has 1 aromatic heterocycles. The standard InChI is InChI=1S/C18H21NO4S/c1-21-15-10-17(23-3)16(22-2)9-14(15)18(20)19(12-6-7-12)11-13-5-4-8-24-13/h4-5,8-10,12H,6-7,11H2,1-3H3. The van der Waals surface area contributed by atoms with E-state index in [2.05, 4.69) is 6.07 Å². The van der Waals surface area contributed by atoms with Crippen molar-refractivity contribution >= 4 is 17.2 Å². The molecule has 6 heteroatoms. The van der Waals surface area contributed by atoms with E-state index >= 15 is 0 Å². The largest absolute Gasteiger partial charge is 0.496 e. The van der Waals surface area contributed by atoms with Crippen LogP contribution in [0.15, 0.2) is 29.6 Å². The van der Waals surface area contributed by atoms with Crippen molar-refractivity contribution in [1.82, 2.24) is 4.90 Å². The number of ether oxygens (including phenoxy) is 3. The molecular formula is C18H21NO4S. The third kappa shape index (κ3) is 3.33. The summed E-state index contributed by atoms with van der Waals surface area (Å²) < 4.78 is 16.0. The van der Waals surface area contributed by atoms with Gasteiger partial charge in [-0.25, -0.2) is 0 Å². The second-order valence-corrected chi connectivity index (χ2v) is 6.68. The van der Waals surface area contributed by atoms with Crippen LogP contribution in [-0.2, 0) is 6.54 Å². The second kappa shape index (κ2) is 7.13. The van der Waals surface area contributed by atoms with Gasteiger partial charge in [0.25, 0.3) is 5.91 Å². The summed E-state index contributed by atoms with van der Waals surface area (Å²) in [5.41, 5.74) is 0.499. The minimum Gasteiger partial charge on any atom is -0.496 e. The van der Waals surface area contributed by atoms with Crippen LogP contribution in [-0.4, -0.2) is 38.2 Å². The lowest BCUT2D eigenvalue weighted by molar-refractivity contribution is 0.0727. The summed E-state index contributed by atoms with van der Waals surface area (Å²) in [5.74, 6) is 1.52. The van der Waals surface area contributed by atoms with Gasteiger partial charge in [-0.3, -0.25) is 4.79 Å². The first kappa shape index (κ1) is 16.6. The minimum absolute atomic E-state index is 0.0382. The molecule has 0 N–H and O–H groups in total. The maximum absolute atomic E-state index is 13.2. The molecule has 1 aliphatic rings. The van der Waals surface area contributed by atoms with Gasteiger partial charge in [-0.1, -0.05) is 6.07 Å². The maximum atomic E-state index is 13.2. The Hall–Kier alpha value is -2.21. The molecule has 1 aromatic carbocycles. The molecule has 0 unspecified atom stereocenters. The predicted octanol–water partition coefficient (Wildman–Crippen LogP) is 3.58. The quantitative estimate of drug-likeness (QED) is 0.768. The lowest BCUT2D eigenvalue weighted by atomic mass is 10.1. The monoisotopic (exact) mass is 347 g/mol. The summed E-state index contributed by atoms with van der Waals surface area (Å²) in [7, 11) is 4.67. The van der Waals surface area contributed by atoms with E-state index in [9.17, 15) is 4.79 Å². The molecular weight excluding hydrogens is 326 g/mol.